The van der Waals surface area contributed by atoms with E-state index < -0.39 is 18.3 Å². The van der Waals surface area contributed by atoms with E-state index in [0.717, 1.165) is 9.94 Å². The largest absolute Gasteiger partial charge is 0.494 e. The summed E-state index contributed by atoms with van der Waals surface area (Å²) >= 11 is 3.62. The molecule has 4 heteroatoms. The van der Waals surface area contributed by atoms with Gasteiger partial charge in [0.05, 0.1) is 11.2 Å². The average molecular weight is 1150 g/mol. The summed E-state index contributed by atoms with van der Waals surface area (Å²) in [4.78, 5) is 0. The van der Waals surface area contributed by atoms with Crippen LogP contribution in [0.5, 0.6) is 0 Å². The molecule has 0 bridgehead atoms. The normalized spacial score (nSPS) is 15.5. The molecule has 0 saturated carbocycles. The maximum atomic E-state index is 6.60. The zero-order valence-corrected chi connectivity index (χ0v) is 55.9. The maximum absolute atomic E-state index is 6.60. The molecule has 0 radical (unpaired) electrons. The van der Waals surface area contributed by atoms with Crippen LogP contribution in [-0.2, 0) is 41.8 Å². The minimum atomic E-state index is -0.409. The van der Waals surface area contributed by atoms with Crippen molar-refractivity contribution in [2.24, 2.45) is 0 Å². The molecule has 12 rings (SSSR count). The summed E-state index contributed by atoms with van der Waals surface area (Å²) < 4.78 is 14.3. The summed E-state index contributed by atoms with van der Waals surface area (Å²) in [5.41, 5.74) is 11.3. The highest BCUT2D eigenvalue weighted by Crippen LogP contribution is 2.49. The second kappa shape index (κ2) is 19.8. The molecule has 11 aromatic rings. The van der Waals surface area contributed by atoms with Gasteiger partial charge in [-0.1, -0.05) is 215 Å². The van der Waals surface area contributed by atoms with Crippen LogP contribution in [0.4, 0.5) is 0 Å². The summed E-state index contributed by atoms with van der Waals surface area (Å²) in [6.45, 7) is 54.4. The predicted octanol–water partition coefficient (Wildman–Crippen LogP) is 23.0. The molecule has 11 aromatic carbocycles. The van der Waals surface area contributed by atoms with Crippen molar-refractivity contribution in [2.45, 2.75) is 210 Å². The van der Waals surface area contributed by atoms with Crippen LogP contribution in [0.2, 0.25) is 0 Å². The Balaban J connectivity index is 0.000000179. The van der Waals surface area contributed by atoms with Gasteiger partial charge in [0.1, 0.15) is 0 Å². The molecular weight excluding hydrogens is 1060 g/mol. The fraction of sp³-hybridized carbons (Fsp3) is 0.410. The Hall–Kier alpha value is -5.52. The topological polar surface area (TPSA) is 18.5 Å². The van der Waals surface area contributed by atoms with Gasteiger partial charge in [-0.05, 0) is 257 Å². The van der Waals surface area contributed by atoms with Crippen LogP contribution >= 0.6 is 15.9 Å². The van der Waals surface area contributed by atoms with Crippen LogP contribution in [0.15, 0.2) is 126 Å². The van der Waals surface area contributed by atoms with E-state index in [-0.39, 0.29) is 32.5 Å². The van der Waals surface area contributed by atoms with Gasteiger partial charge in [-0.3, -0.25) is 0 Å². The molecular formula is C78H92BBrO2. The van der Waals surface area contributed by atoms with E-state index in [1.807, 2.05) is 13.8 Å². The Bertz CT molecular complexity index is 4250. The highest BCUT2D eigenvalue weighted by Gasteiger charge is 2.52. The first-order valence-corrected chi connectivity index (χ1v) is 31.2. The Kier molecular flexibility index (Phi) is 14.4. The third-order valence-corrected chi connectivity index (χ3v) is 18.8. The molecule has 0 spiro atoms. The lowest BCUT2D eigenvalue weighted by Crippen LogP contribution is -2.41. The van der Waals surface area contributed by atoms with Crippen molar-refractivity contribution in [2.75, 3.05) is 0 Å². The van der Waals surface area contributed by atoms with E-state index in [2.05, 4.69) is 290 Å². The molecule has 1 heterocycles. The molecule has 2 nitrogen and oxygen atoms in total. The van der Waals surface area contributed by atoms with Gasteiger partial charge in [0.15, 0.2) is 0 Å². The van der Waals surface area contributed by atoms with E-state index >= 15 is 0 Å². The highest BCUT2D eigenvalue weighted by atomic mass is 79.9. The third kappa shape index (κ3) is 10.5. The van der Waals surface area contributed by atoms with Gasteiger partial charge in [0.2, 0.25) is 0 Å². The Morgan fingerprint density at radius 3 is 0.829 bits per heavy atom. The lowest BCUT2D eigenvalue weighted by atomic mass is 9.74. The molecule has 0 atom stereocenters. The second-order valence-electron chi connectivity index (χ2n) is 31.2. The third-order valence-electron chi connectivity index (χ3n) is 18.3. The molecule has 0 aromatic heterocycles. The van der Waals surface area contributed by atoms with Crippen LogP contribution in [0, 0.1) is 0 Å². The Labute approximate surface area is 501 Å². The van der Waals surface area contributed by atoms with Gasteiger partial charge in [0.25, 0.3) is 0 Å². The van der Waals surface area contributed by atoms with Gasteiger partial charge in [-0.25, -0.2) is 0 Å². The van der Waals surface area contributed by atoms with E-state index in [1.165, 1.54) is 131 Å². The SMILES string of the molecule is CC.CC(C)(C)c1cc2cc(-c3ccc(Br)cc3)cc3c4cc(C(C)(C)C)cc5cc(C(C)(C)C)cc(c(c1)c23)c54.CC(C)(C)c1cc2cc(B3OC(C)(C)C(C)(C)O3)cc3c4cc(C(C)(C)C)cc5cc(C(C)(C)C)cc(c(c1)c23)c54. The van der Waals surface area contributed by atoms with Crippen molar-refractivity contribution >= 4 is 115 Å². The van der Waals surface area contributed by atoms with Crippen molar-refractivity contribution in [3.63, 3.8) is 0 Å². The number of hydrogen-bond acceptors (Lipinski definition) is 2. The number of fused-ring (bicyclic) bond motifs is 4. The first kappa shape index (κ1) is 59.6. The second-order valence-corrected chi connectivity index (χ2v) is 32.1. The lowest BCUT2D eigenvalue weighted by molar-refractivity contribution is 0.00578. The predicted molar refractivity (Wildman–Crippen MR) is 368 cm³/mol. The number of halogens is 1. The van der Waals surface area contributed by atoms with Crippen molar-refractivity contribution in [3.8, 4) is 11.1 Å². The summed E-state index contributed by atoms with van der Waals surface area (Å²) in [7, 11) is -0.409. The van der Waals surface area contributed by atoms with E-state index in [4.69, 9.17) is 9.31 Å². The average Bonchev–Trinajstić information content (AvgIpc) is 0.929. The quantitative estimate of drug-likeness (QED) is 0.0976. The van der Waals surface area contributed by atoms with Gasteiger partial charge in [-0.2, -0.15) is 0 Å². The first-order chi connectivity index (χ1) is 37.8. The van der Waals surface area contributed by atoms with E-state index in [9.17, 15) is 0 Å². The highest BCUT2D eigenvalue weighted by molar-refractivity contribution is 9.10. The zero-order valence-electron chi connectivity index (χ0n) is 54.3. The van der Waals surface area contributed by atoms with Gasteiger partial charge < -0.3 is 9.31 Å². The molecule has 0 N–H and O–H groups in total. The van der Waals surface area contributed by atoms with Gasteiger partial charge in [0, 0.05) is 4.47 Å². The molecule has 0 amide bonds. The lowest BCUT2D eigenvalue weighted by Gasteiger charge is -2.32. The summed E-state index contributed by atoms with van der Waals surface area (Å²) in [5, 5.41) is 21.5. The van der Waals surface area contributed by atoms with E-state index in [1.54, 1.807) is 0 Å². The fourth-order valence-corrected chi connectivity index (χ4v) is 12.6. The van der Waals surface area contributed by atoms with Gasteiger partial charge >= 0.3 is 7.12 Å². The molecule has 1 fully saturated rings. The smallest absolute Gasteiger partial charge is 0.399 e. The Morgan fingerprint density at radius 1 is 0.305 bits per heavy atom. The molecule has 1 saturated heterocycles. The van der Waals surface area contributed by atoms with Crippen LogP contribution < -0.4 is 5.46 Å². The summed E-state index contributed by atoms with van der Waals surface area (Å²) in [6, 6.07) is 47.7. The molecule has 0 aliphatic carbocycles. The van der Waals surface area contributed by atoms with E-state index in [0.29, 0.717) is 0 Å². The minimum Gasteiger partial charge on any atom is -0.399 e. The van der Waals surface area contributed by atoms with Crippen molar-refractivity contribution in [3.05, 3.63) is 159 Å². The maximum Gasteiger partial charge on any atom is 0.494 e. The van der Waals surface area contributed by atoms with Crippen molar-refractivity contribution in [1.82, 2.24) is 0 Å². The summed E-state index contributed by atoms with van der Waals surface area (Å²) in [5.74, 6) is 0. The molecule has 1 aliphatic rings. The van der Waals surface area contributed by atoms with Crippen LogP contribution in [0.25, 0.3) is 97.3 Å². The number of rotatable bonds is 2. The first-order valence-electron chi connectivity index (χ1n) is 30.4. The van der Waals surface area contributed by atoms with Crippen LogP contribution in [-0.4, -0.2) is 18.3 Å². The fourth-order valence-electron chi connectivity index (χ4n) is 12.3. The summed E-state index contributed by atoms with van der Waals surface area (Å²) in [6.07, 6.45) is 0. The monoisotopic (exact) mass is 1150 g/mol. The number of hydrogen-bond donors (Lipinski definition) is 0. The van der Waals surface area contributed by atoms with Crippen molar-refractivity contribution in [1.29, 1.82) is 0 Å². The van der Waals surface area contributed by atoms with Gasteiger partial charge in [-0.15, -0.1) is 0 Å². The Morgan fingerprint density at radius 2 is 0.549 bits per heavy atom. The zero-order chi connectivity index (χ0) is 60.1. The number of benzene rings is 11. The molecule has 0 unspecified atom stereocenters. The van der Waals surface area contributed by atoms with Crippen molar-refractivity contribution < 1.29 is 9.31 Å². The molecule has 1 aliphatic heterocycles. The molecule has 426 valence electrons. The molecule has 82 heavy (non-hydrogen) atoms. The van der Waals surface area contributed by atoms with Crippen LogP contribution in [0.1, 0.15) is 200 Å². The standard InChI is InChI=1S/C38H47BO2.C38H39Br.C2H6/c1-34(2,3)24-14-22-15-25(35(4,5)6)20-30-31-21-27(39-40-37(10,11)38(12,13)41-39)17-23-16-26(36(7,8)9)19-29(33(23)31)28(18-24)32(22)30;1-36(2,3)26-15-24-14-23(22-10-12-29(39)13-11-22)18-30-31-19-27(37(4,5)6)16-25-17-28(38(7,8)9)21-33(35(25)31)32(20-26)34(24)30;1-2/h14-21H,1-13H3;10-21H,1-9H3;1-2H3. The van der Waals surface area contributed by atoms with Crippen LogP contribution in [0.3, 0.4) is 0 Å². The minimum absolute atomic E-state index is 0.0162.